The normalized spacial score (nSPS) is 17.1. The molecule has 22 heavy (non-hydrogen) atoms. The lowest BCUT2D eigenvalue weighted by Gasteiger charge is -2.37. The van der Waals surface area contributed by atoms with Crippen molar-refractivity contribution in [3.63, 3.8) is 0 Å². The molecule has 5 heteroatoms. The zero-order chi connectivity index (χ0) is 15.6. The highest BCUT2D eigenvalue weighted by Gasteiger charge is 2.32. The minimum Gasteiger partial charge on any atom is -0.390 e. The summed E-state index contributed by atoms with van der Waals surface area (Å²) in [5.74, 6) is 0. The van der Waals surface area contributed by atoms with Crippen LogP contribution in [0.1, 0.15) is 12.5 Å². The second kappa shape index (κ2) is 6.07. The molecule has 2 heterocycles. The number of nitrogens with one attached hydrogen (secondary N) is 2. The number of pyridine rings is 1. The number of allylic oxidation sites excluding steroid dienone is 1. The molecule has 0 bridgehead atoms. The molecule has 0 spiro atoms. The zero-order valence-electron chi connectivity index (χ0n) is 12.4. The summed E-state index contributed by atoms with van der Waals surface area (Å²) in [6.07, 6.45) is 5.00. The standard InChI is InChI=1S/C17H18ClN3O/c1-17(10-22-11-17)9-20-7-15(6-19)12-2-3-13-8-21-16(18)5-14(13)4-12/h2-8,19-20H,9-11H2,1H3/b15-7+,19-6?. The molecule has 0 atom stereocenters. The Balaban J connectivity index is 1.81. The SMILES string of the molecule is CC1(CN/C=C(\C=N)c2ccc3cnc(Cl)cc3c2)COC1. The Hall–Kier alpha value is -1.91. The Bertz CT molecular complexity index is 738. The van der Waals surface area contributed by atoms with Gasteiger partial charge in [0.15, 0.2) is 0 Å². The van der Waals surface area contributed by atoms with Crippen LogP contribution in [0.15, 0.2) is 36.7 Å². The summed E-state index contributed by atoms with van der Waals surface area (Å²) in [5, 5.41) is 13.5. The number of hydrogen-bond acceptors (Lipinski definition) is 4. The molecule has 0 unspecified atom stereocenters. The van der Waals surface area contributed by atoms with Gasteiger partial charge in [-0.1, -0.05) is 30.7 Å². The molecule has 1 aromatic carbocycles. The van der Waals surface area contributed by atoms with Crippen LogP contribution in [0.4, 0.5) is 0 Å². The minimum atomic E-state index is 0.201. The van der Waals surface area contributed by atoms with Crippen LogP contribution in [-0.2, 0) is 4.74 Å². The third-order valence-corrected chi connectivity index (χ3v) is 4.07. The van der Waals surface area contributed by atoms with Crippen molar-refractivity contribution in [2.75, 3.05) is 19.8 Å². The van der Waals surface area contributed by atoms with Crippen molar-refractivity contribution in [2.24, 2.45) is 5.41 Å². The molecule has 1 aliphatic heterocycles. The monoisotopic (exact) mass is 315 g/mol. The van der Waals surface area contributed by atoms with E-state index in [1.165, 1.54) is 6.21 Å². The van der Waals surface area contributed by atoms with Gasteiger partial charge >= 0.3 is 0 Å². The number of benzene rings is 1. The molecule has 0 radical (unpaired) electrons. The molecule has 1 fully saturated rings. The second-order valence-electron chi connectivity index (χ2n) is 6.00. The average Bonchev–Trinajstić information content (AvgIpc) is 2.49. The molecule has 114 valence electrons. The van der Waals surface area contributed by atoms with Gasteiger partial charge in [0.2, 0.25) is 0 Å². The van der Waals surface area contributed by atoms with Crippen LogP contribution in [0.25, 0.3) is 16.3 Å². The van der Waals surface area contributed by atoms with E-state index in [-0.39, 0.29) is 5.41 Å². The smallest absolute Gasteiger partial charge is 0.129 e. The van der Waals surface area contributed by atoms with Gasteiger partial charge in [-0.25, -0.2) is 4.98 Å². The van der Waals surface area contributed by atoms with Crippen molar-refractivity contribution in [3.8, 4) is 0 Å². The minimum absolute atomic E-state index is 0.201. The predicted molar refractivity (Wildman–Crippen MR) is 90.4 cm³/mol. The van der Waals surface area contributed by atoms with Crippen LogP contribution < -0.4 is 5.32 Å². The molecular weight excluding hydrogens is 298 g/mol. The third-order valence-electron chi connectivity index (χ3n) is 3.86. The number of rotatable bonds is 5. The molecule has 4 nitrogen and oxygen atoms in total. The van der Waals surface area contributed by atoms with Crippen LogP contribution in [-0.4, -0.2) is 31.0 Å². The van der Waals surface area contributed by atoms with Crippen molar-refractivity contribution in [1.82, 2.24) is 10.3 Å². The lowest BCUT2D eigenvalue weighted by Crippen LogP contribution is -2.46. The Labute approximate surface area is 134 Å². The van der Waals surface area contributed by atoms with E-state index in [4.69, 9.17) is 21.7 Å². The number of halogens is 1. The summed E-state index contributed by atoms with van der Waals surface area (Å²) in [7, 11) is 0. The maximum absolute atomic E-state index is 7.64. The first-order valence-electron chi connectivity index (χ1n) is 7.17. The third kappa shape index (κ3) is 3.13. The highest BCUT2D eigenvalue weighted by molar-refractivity contribution is 6.30. The van der Waals surface area contributed by atoms with Crippen LogP contribution >= 0.6 is 11.6 Å². The topological polar surface area (TPSA) is 58.0 Å². The second-order valence-corrected chi connectivity index (χ2v) is 6.38. The molecule has 3 rings (SSSR count). The van der Waals surface area contributed by atoms with E-state index in [1.54, 1.807) is 6.20 Å². The predicted octanol–water partition coefficient (Wildman–Crippen LogP) is 3.50. The molecule has 1 aromatic heterocycles. The Morgan fingerprint density at radius 1 is 1.41 bits per heavy atom. The number of nitrogens with zero attached hydrogens (tertiary/aromatic N) is 1. The molecule has 1 aliphatic rings. The molecule has 0 amide bonds. The van der Waals surface area contributed by atoms with Gasteiger partial charge in [-0.15, -0.1) is 0 Å². The molecule has 0 aliphatic carbocycles. The summed E-state index contributed by atoms with van der Waals surface area (Å²) in [5.41, 5.74) is 2.01. The van der Waals surface area contributed by atoms with Crippen LogP contribution in [0, 0.1) is 10.8 Å². The fraction of sp³-hybridized carbons (Fsp3) is 0.294. The maximum Gasteiger partial charge on any atom is 0.129 e. The van der Waals surface area contributed by atoms with Gasteiger partial charge in [-0.05, 0) is 23.1 Å². The van der Waals surface area contributed by atoms with E-state index >= 15 is 0 Å². The van der Waals surface area contributed by atoms with E-state index in [0.717, 1.165) is 41.7 Å². The maximum atomic E-state index is 7.64. The van der Waals surface area contributed by atoms with E-state index in [1.807, 2.05) is 30.5 Å². The zero-order valence-corrected chi connectivity index (χ0v) is 13.2. The molecule has 2 aromatic rings. The fourth-order valence-electron chi connectivity index (χ4n) is 2.46. The van der Waals surface area contributed by atoms with Crippen molar-refractivity contribution >= 4 is 34.2 Å². The van der Waals surface area contributed by atoms with Crippen molar-refractivity contribution < 1.29 is 4.74 Å². The van der Waals surface area contributed by atoms with Gasteiger partial charge in [0, 0.05) is 41.5 Å². The Morgan fingerprint density at radius 2 is 2.23 bits per heavy atom. The van der Waals surface area contributed by atoms with Gasteiger partial charge in [0.1, 0.15) is 5.15 Å². The Morgan fingerprint density at radius 3 is 2.91 bits per heavy atom. The number of aromatic nitrogens is 1. The molecule has 0 saturated carbocycles. The highest BCUT2D eigenvalue weighted by Crippen LogP contribution is 2.25. The van der Waals surface area contributed by atoms with Gasteiger partial charge in [0.25, 0.3) is 0 Å². The van der Waals surface area contributed by atoms with Gasteiger partial charge < -0.3 is 15.5 Å². The molecule has 2 N–H and O–H groups in total. The summed E-state index contributed by atoms with van der Waals surface area (Å²) in [4.78, 5) is 4.08. The quantitative estimate of drug-likeness (QED) is 0.656. The van der Waals surface area contributed by atoms with E-state index in [9.17, 15) is 0 Å². The lowest BCUT2D eigenvalue weighted by atomic mass is 9.89. The number of hydrogen-bond donors (Lipinski definition) is 2. The summed E-state index contributed by atoms with van der Waals surface area (Å²) in [6.45, 7) is 4.60. The highest BCUT2D eigenvalue weighted by atomic mass is 35.5. The lowest BCUT2D eigenvalue weighted by molar-refractivity contribution is -0.0976. The largest absolute Gasteiger partial charge is 0.390 e. The van der Waals surface area contributed by atoms with Crippen molar-refractivity contribution in [3.05, 3.63) is 47.4 Å². The van der Waals surface area contributed by atoms with Crippen molar-refractivity contribution in [2.45, 2.75) is 6.92 Å². The first-order chi connectivity index (χ1) is 10.6. The summed E-state index contributed by atoms with van der Waals surface area (Å²) in [6, 6.07) is 7.84. The van der Waals surface area contributed by atoms with Crippen LogP contribution in [0.3, 0.4) is 0 Å². The average molecular weight is 316 g/mol. The number of fused-ring (bicyclic) bond motifs is 1. The van der Waals surface area contributed by atoms with Crippen LogP contribution in [0.2, 0.25) is 5.15 Å². The fourth-order valence-corrected chi connectivity index (χ4v) is 2.63. The summed E-state index contributed by atoms with van der Waals surface area (Å²) < 4.78 is 5.24. The van der Waals surface area contributed by atoms with Gasteiger partial charge in [-0.2, -0.15) is 0 Å². The molecular formula is C17H18ClN3O. The van der Waals surface area contributed by atoms with E-state index < -0.39 is 0 Å². The van der Waals surface area contributed by atoms with Crippen molar-refractivity contribution in [1.29, 1.82) is 5.41 Å². The molecule has 1 saturated heterocycles. The summed E-state index contributed by atoms with van der Waals surface area (Å²) >= 11 is 5.95. The Kier molecular flexibility index (Phi) is 4.14. The van der Waals surface area contributed by atoms with E-state index in [2.05, 4.69) is 17.2 Å². The van der Waals surface area contributed by atoms with Crippen LogP contribution in [0.5, 0.6) is 0 Å². The van der Waals surface area contributed by atoms with Gasteiger partial charge in [0.05, 0.1) is 13.2 Å². The first-order valence-corrected chi connectivity index (χ1v) is 7.55. The van der Waals surface area contributed by atoms with E-state index in [0.29, 0.717) is 5.15 Å². The number of ether oxygens (including phenoxy) is 1. The van der Waals surface area contributed by atoms with Gasteiger partial charge in [-0.3, -0.25) is 0 Å². The first kappa shape index (κ1) is 15.0.